The van der Waals surface area contributed by atoms with Crippen LogP contribution < -0.4 is 5.32 Å². The van der Waals surface area contributed by atoms with Crippen molar-refractivity contribution in [2.24, 2.45) is 0 Å². The fourth-order valence-electron chi connectivity index (χ4n) is 1.81. The molecule has 0 spiro atoms. The smallest absolute Gasteiger partial charge is 0.251 e. The molecular weight excluding hydrogens is 258 g/mol. The lowest BCUT2D eigenvalue weighted by Crippen LogP contribution is -2.38. The molecule has 0 aliphatic rings. The van der Waals surface area contributed by atoms with Crippen LogP contribution in [0.2, 0.25) is 0 Å². The molecule has 1 amide bonds. The van der Waals surface area contributed by atoms with Crippen LogP contribution in [0, 0.1) is 6.92 Å². The minimum atomic E-state index is -1.03. The zero-order valence-corrected chi connectivity index (χ0v) is 11.8. The Hall–Kier alpha value is -1.65. The van der Waals surface area contributed by atoms with Gasteiger partial charge in [0.15, 0.2) is 0 Å². The Balaban J connectivity index is 2.01. The van der Waals surface area contributed by atoms with Crippen molar-refractivity contribution in [3.05, 3.63) is 57.8 Å². The van der Waals surface area contributed by atoms with Crippen molar-refractivity contribution >= 4 is 17.2 Å². The highest BCUT2D eigenvalue weighted by Gasteiger charge is 2.24. The molecule has 1 atom stereocenters. The molecule has 19 heavy (non-hydrogen) atoms. The molecule has 1 aromatic heterocycles. The molecule has 0 fully saturated rings. The normalized spacial score (nSPS) is 13.8. The molecule has 4 heteroatoms. The summed E-state index contributed by atoms with van der Waals surface area (Å²) in [7, 11) is 0. The zero-order valence-electron chi connectivity index (χ0n) is 11.0. The highest BCUT2D eigenvalue weighted by atomic mass is 32.1. The average molecular weight is 275 g/mol. The van der Waals surface area contributed by atoms with Crippen LogP contribution in [0.3, 0.4) is 0 Å². The fraction of sp³-hybridized carbons (Fsp3) is 0.267. The van der Waals surface area contributed by atoms with Crippen LogP contribution in [-0.4, -0.2) is 17.6 Å². The number of amides is 1. The monoisotopic (exact) mass is 275 g/mol. The molecule has 2 N–H and O–H groups in total. The Kier molecular flexibility index (Phi) is 4.02. The zero-order chi connectivity index (χ0) is 13.9. The molecule has 0 bridgehead atoms. The molecule has 0 saturated carbocycles. The second kappa shape index (κ2) is 5.55. The van der Waals surface area contributed by atoms with Crippen LogP contribution in [0.1, 0.15) is 27.7 Å². The van der Waals surface area contributed by atoms with E-state index in [9.17, 15) is 9.90 Å². The molecule has 3 nitrogen and oxygen atoms in total. The molecule has 0 radical (unpaired) electrons. The number of thiophene rings is 1. The average Bonchev–Trinajstić information content (AvgIpc) is 2.90. The molecule has 2 rings (SSSR count). The summed E-state index contributed by atoms with van der Waals surface area (Å²) in [5.41, 5.74) is 0.618. The number of hydrogen-bond acceptors (Lipinski definition) is 3. The Bertz CT molecular complexity index is 561. The van der Waals surface area contributed by atoms with Crippen LogP contribution in [-0.2, 0) is 5.60 Å². The summed E-state index contributed by atoms with van der Waals surface area (Å²) in [5.74, 6) is -0.166. The molecule has 1 unspecified atom stereocenters. The first kappa shape index (κ1) is 13.8. The van der Waals surface area contributed by atoms with Gasteiger partial charge in [0.05, 0.1) is 6.54 Å². The molecule has 0 saturated heterocycles. The van der Waals surface area contributed by atoms with Gasteiger partial charge < -0.3 is 10.4 Å². The third-order valence-corrected chi connectivity index (χ3v) is 4.05. The lowest BCUT2D eigenvalue weighted by Gasteiger charge is -2.22. The van der Waals surface area contributed by atoms with Crippen LogP contribution in [0.25, 0.3) is 0 Å². The Labute approximate surface area is 116 Å². The summed E-state index contributed by atoms with van der Waals surface area (Å²) in [6, 6.07) is 11.1. The third-order valence-electron chi connectivity index (χ3n) is 2.93. The molecule has 100 valence electrons. The van der Waals surface area contributed by atoms with Crippen molar-refractivity contribution in [1.29, 1.82) is 0 Å². The van der Waals surface area contributed by atoms with Crippen molar-refractivity contribution in [1.82, 2.24) is 5.32 Å². The molecular formula is C15H17NO2S. The summed E-state index contributed by atoms with van der Waals surface area (Å²) in [6.07, 6.45) is 0. The number of hydrogen-bond donors (Lipinski definition) is 2. The number of carbonyl (C=O) groups is 1. The van der Waals surface area contributed by atoms with E-state index in [4.69, 9.17) is 0 Å². The second-order valence-corrected chi connectivity index (χ2v) is 5.75. The van der Waals surface area contributed by atoms with Crippen molar-refractivity contribution in [3.63, 3.8) is 0 Å². The minimum Gasteiger partial charge on any atom is -0.383 e. The van der Waals surface area contributed by atoms with Crippen molar-refractivity contribution in [3.8, 4) is 0 Å². The van der Waals surface area contributed by atoms with Gasteiger partial charge in [0.25, 0.3) is 5.91 Å². The van der Waals surface area contributed by atoms with Crippen LogP contribution in [0.5, 0.6) is 0 Å². The van der Waals surface area contributed by atoms with Crippen molar-refractivity contribution < 1.29 is 9.90 Å². The quantitative estimate of drug-likeness (QED) is 0.901. The summed E-state index contributed by atoms with van der Waals surface area (Å²) < 4.78 is 0. The van der Waals surface area contributed by atoms with E-state index in [0.717, 1.165) is 10.4 Å². The Morgan fingerprint density at radius 1 is 1.37 bits per heavy atom. The van der Waals surface area contributed by atoms with Gasteiger partial charge >= 0.3 is 0 Å². The highest BCUT2D eigenvalue weighted by molar-refractivity contribution is 7.10. The predicted molar refractivity (Wildman–Crippen MR) is 77.4 cm³/mol. The maximum Gasteiger partial charge on any atom is 0.251 e. The third kappa shape index (κ3) is 3.43. The van der Waals surface area contributed by atoms with Crippen LogP contribution in [0.15, 0.2) is 41.8 Å². The molecule has 2 aromatic rings. The van der Waals surface area contributed by atoms with E-state index in [2.05, 4.69) is 5.32 Å². The van der Waals surface area contributed by atoms with Gasteiger partial charge in [-0.2, -0.15) is 0 Å². The summed E-state index contributed by atoms with van der Waals surface area (Å²) in [5, 5.41) is 15.0. The first-order chi connectivity index (χ1) is 8.99. The molecule has 1 aromatic carbocycles. The maximum atomic E-state index is 12.0. The number of carbonyl (C=O) groups excluding carboxylic acids is 1. The minimum absolute atomic E-state index is 0.166. The molecule has 1 heterocycles. The summed E-state index contributed by atoms with van der Waals surface area (Å²) in [6.45, 7) is 3.84. The van der Waals surface area contributed by atoms with E-state index >= 15 is 0 Å². The van der Waals surface area contributed by atoms with E-state index in [0.29, 0.717) is 5.56 Å². The van der Waals surface area contributed by atoms with Gasteiger partial charge in [-0.3, -0.25) is 4.79 Å². The van der Waals surface area contributed by atoms with E-state index in [1.807, 2.05) is 42.6 Å². The number of rotatable bonds is 4. The first-order valence-electron chi connectivity index (χ1n) is 6.10. The van der Waals surface area contributed by atoms with Gasteiger partial charge in [-0.1, -0.05) is 23.8 Å². The first-order valence-corrected chi connectivity index (χ1v) is 6.98. The second-order valence-electron chi connectivity index (χ2n) is 4.80. The van der Waals surface area contributed by atoms with Gasteiger partial charge in [0.2, 0.25) is 0 Å². The summed E-state index contributed by atoms with van der Waals surface area (Å²) in [4.78, 5) is 12.8. The van der Waals surface area contributed by atoms with E-state index < -0.39 is 5.60 Å². The Morgan fingerprint density at radius 3 is 2.79 bits per heavy atom. The van der Waals surface area contributed by atoms with Gasteiger partial charge in [0.1, 0.15) is 5.60 Å². The standard InChI is InChI=1S/C15H17NO2S/c1-11-5-3-6-12(9-11)14(17)16-10-15(2,18)13-7-4-8-19-13/h3-9,18H,10H2,1-2H3,(H,16,17). The van der Waals surface area contributed by atoms with Gasteiger partial charge in [-0.05, 0) is 37.4 Å². The Morgan fingerprint density at radius 2 is 2.16 bits per heavy atom. The van der Waals surface area contributed by atoms with Crippen LogP contribution >= 0.6 is 11.3 Å². The van der Waals surface area contributed by atoms with Gasteiger partial charge in [0, 0.05) is 10.4 Å². The van der Waals surface area contributed by atoms with Gasteiger partial charge in [-0.15, -0.1) is 11.3 Å². The van der Waals surface area contributed by atoms with E-state index in [1.165, 1.54) is 11.3 Å². The number of aliphatic hydroxyl groups is 1. The number of nitrogens with one attached hydrogen (secondary N) is 1. The topological polar surface area (TPSA) is 49.3 Å². The number of aryl methyl sites for hydroxylation is 1. The SMILES string of the molecule is Cc1cccc(C(=O)NCC(C)(O)c2cccs2)c1. The lowest BCUT2D eigenvalue weighted by molar-refractivity contribution is 0.0557. The summed E-state index contributed by atoms with van der Waals surface area (Å²) >= 11 is 1.48. The van der Waals surface area contributed by atoms with E-state index in [-0.39, 0.29) is 12.5 Å². The van der Waals surface area contributed by atoms with Gasteiger partial charge in [-0.25, -0.2) is 0 Å². The fourth-order valence-corrected chi connectivity index (χ4v) is 2.60. The predicted octanol–water partition coefficient (Wildman–Crippen LogP) is 2.69. The maximum absolute atomic E-state index is 12.0. The lowest BCUT2D eigenvalue weighted by atomic mass is 10.0. The van der Waals surface area contributed by atoms with E-state index in [1.54, 1.807) is 13.0 Å². The highest BCUT2D eigenvalue weighted by Crippen LogP contribution is 2.24. The van der Waals surface area contributed by atoms with Crippen LogP contribution in [0.4, 0.5) is 0 Å². The largest absolute Gasteiger partial charge is 0.383 e. The van der Waals surface area contributed by atoms with Crippen molar-refractivity contribution in [2.45, 2.75) is 19.4 Å². The molecule has 0 aliphatic heterocycles. The number of benzene rings is 1. The van der Waals surface area contributed by atoms with Crippen molar-refractivity contribution in [2.75, 3.05) is 6.54 Å². The molecule has 0 aliphatic carbocycles.